The van der Waals surface area contributed by atoms with Crippen LogP contribution in [0.5, 0.6) is 0 Å². The summed E-state index contributed by atoms with van der Waals surface area (Å²) in [5.41, 5.74) is 5.29. The van der Waals surface area contributed by atoms with Crippen LogP contribution in [0, 0.1) is 20.8 Å². The second kappa shape index (κ2) is 4.97. The fraction of sp³-hybridized carbons (Fsp3) is 0.385. The summed E-state index contributed by atoms with van der Waals surface area (Å²) in [6.07, 6.45) is 4.18. The molecule has 0 spiro atoms. The Kier molecular flexibility index (Phi) is 3.90. The number of aryl methyl sites for hydroxylation is 3. The molecule has 0 aliphatic heterocycles. The van der Waals surface area contributed by atoms with Crippen molar-refractivity contribution in [2.45, 2.75) is 20.8 Å². The number of hydrogen-bond donors (Lipinski definition) is 0. The number of benzene rings is 1. The van der Waals surface area contributed by atoms with Gasteiger partial charge >= 0.3 is 0 Å². The number of hydrogen-bond acceptors (Lipinski definition) is 1. The van der Waals surface area contributed by atoms with Crippen LogP contribution in [0.2, 0.25) is 0 Å². The fourth-order valence-electron chi connectivity index (χ4n) is 1.72. The molecule has 1 nitrogen and oxygen atoms in total. The Morgan fingerprint density at radius 1 is 1.14 bits per heavy atom. The standard InChI is InChI=1S/C13H18O/c1-10-8-11(2)13(12(3)9-10)6-5-7-14-4/h5-6,8-9H,7H2,1-4H3. The minimum absolute atomic E-state index is 0.673. The highest BCUT2D eigenvalue weighted by molar-refractivity contribution is 5.58. The highest BCUT2D eigenvalue weighted by Gasteiger charge is 1.99. The fourth-order valence-corrected chi connectivity index (χ4v) is 1.72. The van der Waals surface area contributed by atoms with Gasteiger partial charge in [0.15, 0.2) is 0 Å². The quantitative estimate of drug-likeness (QED) is 0.710. The Balaban J connectivity index is 2.96. The maximum absolute atomic E-state index is 4.98. The highest BCUT2D eigenvalue weighted by atomic mass is 16.5. The first kappa shape index (κ1) is 11.0. The Hall–Kier alpha value is -1.08. The van der Waals surface area contributed by atoms with Gasteiger partial charge in [0.05, 0.1) is 6.61 Å². The summed E-state index contributed by atoms with van der Waals surface area (Å²) in [6, 6.07) is 4.42. The third-order valence-electron chi connectivity index (χ3n) is 2.29. The van der Waals surface area contributed by atoms with Crippen molar-refractivity contribution in [1.82, 2.24) is 0 Å². The predicted octanol–water partition coefficient (Wildman–Crippen LogP) is 3.27. The van der Waals surface area contributed by atoms with Crippen LogP contribution in [0.1, 0.15) is 22.3 Å². The third-order valence-corrected chi connectivity index (χ3v) is 2.29. The number of methoxy groups -OCH3 is 1. The summed E-state index contributed by atoms with van der Waals surface area (Å²) in [5, 5.41) is 0. The first-order valence-corrected chi connectivity index (χ1v) is 4.88. The molecule has 0 aromatic heterocycles. The van der Waals surface area contributed by atoms with Gasteiger partial charge in [-0.05, 0) is 37.5 Å². The second-order valence-corrected chi connectivity index (χ2v) is 3.67. The van der Waals surface area contributed by atoms with Crippen LogP contribution >= 0.6 is 0 Å². The van der Waals surface area contributed by atoms with Gasteiger partial charge in [0.2, 0.25) is 0 Å². The molecule has 0 bridgehead atoms. The lowest BCUT2D eigenvalue weighted by Gasteiger charge is -2.06. The molecule has 0 aliphatic carbocycles. The molecule has 0 amide bonds. The topological polar surface area (TPSA) is 9.23 Å². The van der Waals surface area contributed by atoms with Gasteiger partial charge in [0.1, 0.15) is 0 Å². The van der Waals surface area contributed by atoms with Crippen molar-refractivity contribution in [3.05, 3.63) is 40.5 Å². The lowest BCUT2D eigenvalue weighted by atomic mass is 9.99. The van der Waals surface area contributed by atoms with Crippen LogP contribution < -0.4 is 0 Å². The lowest BCUT2D eigenvalue weighted by Crippen LogP contribution is -1.89. The maximum Gasteiger partial charge on any atom is 0.0646 e. The molecular formula is C13H18O. The first-order chi connectivity index (χ1) is 6.65. The van der Waals surface area contributed by atoms with Crippen molar-refractivity contribution in [2.75, 3.05) is 13.7 Å². The predicted molar refractivity (Wildman–Crippen MR) is 61.6 cm³/mol. The Bertz CT molecular complexity index is 314. The Morgan fingerprint density at radius 3 is 2.21 bits per heavy atom. The molecule has 0 N–H and O–H groups in total. The molecule has 76 valence electrons. The summed E-state index contributed by atoms with van der Waals surface area (Å²) in [4.78, 5) is 0. The largest absolute Gasteiger partial charge is 0.381 e. The SMILES string of the molecule is COCC=Cc1c(C)cc(C)cc1C. The molecule has 0 saturated carbocycles. The zero-order valence-electron chi connectivity index (χ0n) is 9.42. The maximum atomic E-state index is 4.98. The summed E-state index contributed by atoms with van der Waals surface area (Å²) in [6.45, 7) is 7.09. The van der Waals surface area contributed by atoms with E-state index >= 15 is 0 Å². The first-order valence-electron chi connectivity index (χ1n) is 4.88. The van der Waals surface area contributed by atoms with Gasteiger partial charge in [-0.15, -0.1) is 0 Å². The van der Waals surface area contributed by atoms with Crippen molar-refractivity contribution >= 4 is 6.08 Å². The van der Waals surface area contributed by atoms with E-state index in [2.05, 4.69) is 39.0 Å². The van der Waals surface area contributed by atoms with Crippen LogP contribution in [0.25, 0.3) is 6.08 Å². The third kappa shape index (κ3) is 2.71. The average molecular weight is 190 g/mol. The van der Waals surface area contributed by atoms with Gasteiger partial charge in [-0.2, -0.15) is 0 Å². The van der Waals surface area contributed by atoms with Gasteiger partial charge in [0.25, 0.3) is 0 Å². The van der Waals surface area contributed by atoms with Crippen molar-refractivity contribution in [3.63, 3.8) is 0 Å². The number of rotatable bonds is 3. The zero-order chi connectivity index (χ0) is 10.6. The summed E-state index contributed by atoms with van der Waals surface area (Å²) >= 11 is 0. The van der Waals surface area contributed by atoms with Crippen LogP contribution in [0.4, 0.5) is 0 Å². The molecule has 1 aromatic carbocycles. The zero-order valence-corrected chi connectivity index (χ0v) is 9.42. The molecule has 0 atom stereocenters. The van der Waals surface area contributed by atoms with Gasteiger partial charge in [0, 0.05) is 7.11 Å². The summed E-state index contributed by atoms with van der Waals surface area (Å²) in [5.74, 6) is 0. The molecule has 0 aliphatic rings. The molecule has 0 unspecified atom stereocenters. The van der Waals surface area contributed by atoms with Crippen LogP contribution in [0.15, 0.2) is 18.2 Å². The van der Waals surface area contributed by atoms with E-state index in [1.165, 1.54) is 22.3 Å². The van der Waals surface area contributed by atoms with Crippen LogP contribution in [-0.2, 0) is 4.74 Å². The molecule has 0 saturated heterocycles. The van der Waals surface area contributed by atoms with Crippen LogP contribution in [0.3, 0.4) is 0 Å². The minimum Gasteiger partial charge on any atom is -0.381 e. The van der Waals surface area contributed by atoms with E-state index in [-0.39, 0.29) is 0 Å². The molecule has 1 aromatic rings. The molecule has 1 heteroatoms. The van der Waals surface area contributed by atoms with E-state index in [0.717, 1.165) is 0 Å². The van der Waals surface area contributed by atoms with E-state index in [0.29, 0.717) is 6.61 Å². The molecule has 1 rings (SSSR count). The molecule has 0 radical (unpaired) electrons. The van der Waals surface area contributed by atoms with E-state index in [4.69, 9.17) is 4.74 Å². The molecular weight excluding hydrogens is 172 g/mol. The van der Waals surface area contributed by atoms with Crippen molar-refractivity contribution in [2.24, 2.45) is 0 Å². The van der Waals surface area contributed by atoms with E-state index in [9.17, 15) is 0 Å². The van der Waals surface area contributed by atoms with Crippen LogP contribution in [-0.4, -0.2) is 13.7 Å². The van der Waals surface area contributed by atoms with E-state index in [1.54, 1.807) is 7.11 Å². The average Bonchev–Trinajstić information content (AvgIpc) is 2.09. The molecule has 0 fully saturated rings. The van der Waals surface area contributed by atoms with Gasteiger partial charge < -0.3 is 4.74 Å². The highest BCUT2D eigenvalue weighted by Crippen LogP contribution is 2.17. The summed E-state index contributed by atoms with van der Waals surface area (Å²) in [7, 11) is 1.71. The number of ether oxygens (including phenoxy) is 1. The Labute approximate surface area is 86.4 Å². The molecule has 0 heterocycles. The van der Waals surface area contributed by atoms with Gasteiger partial charge in [-0.3, -0.25) is 0 Å². The monoisotopic (exact) mass is 190 g/mol. The van der Waals surface area contributed by atoms with Crippen molar-refractivity contribution < 1.29 is 4.74 Å². The molecule has 14 heavy (non-hydrogen) atoms. The second-order valence-electron chi connectivity index (χ2n) is 3.67. The van der Waals surface area contributed by atoms with Gasteiger partial charge in [-0.1, -0.05) is 29.8 Å². The van der Waals surface area contributed by atoms with E-state index in [1.807, 2.05) is 6.08 Å². The summed E-state index contributed by atoms with van der Waals surface area (Å²) < 4.78 is 4.98. The van der Waals surface area contributed by atoms with Gasteiger partial charge in [-0.25, -0.2) is 0 Å². The Morgan fingerprint density at radius 2 is 1.71 bits per heavy atom. The van der Waals surface area contributed by atoms with E-state index < -0.39 is 0 Å². The smallest absolute Gasteiger partial charge is 0.0646 e. The van der Waals surface area contributed by atoms with Crippen molar-refractivity contribution in [1.29, 1.82) is 0 Å². The lowest BCUT2D eigenvalue weighted by molar-refractivity contribution is 0.234. The normalized spacial score (nSPS) is 11.1. The minimum atomic E-state index is 0.673. The van der Waals surface area contributed by atoms with Crippen molar-refractivity contribution in [3.8, 4) is 0 Å².